The molecule has 0 aliphatic heterocycles. The third-order valence-electron chi connectivity index (χ3n) is 2.42. The molecule has 1 amide bonds. The van der Waals surface area contributed by atoms with Gasteiger partial charge in [-0.2, -0.15) is 0 Å². The highest BCUT2D eigenvalue weighted by Crippen LogP contribution is 2.16. The van der Waals surface area contributed by atoms with Crippen LogP contribution in [0.25, 0.3) is 0 Å². The highest BCUT2D eigenvalue weighted by Gasteiger charge is 2.06. The molecule has 0 aliphatic rings. The van der Waals surface area contributed by atoms with Crippen molar-refractivity contribution in [1.29, 1.82) is 0 Å². The molecule has 0 heterocycles. The van der Waals surface area contributed by atoms with E-state index in [0.29, 0.717) is 25.1 Å². The van der Waals surface area contributed by atoms with Crippen molar-refractivity contribution in [2.24, 2.45) is 0 Å². The van der Waals surface area contributed by atoms with E-state index in [9.17, 15) is 13.2 Å². The van der Waals surface area contributed by atoms with Gasteiger partial charge in [0, 0.05) is 23.1 Å². The lowest BCUT2D eigenvalue weighted by atomic mass is 10.1. The first-order valence-electron chi connectivity index (χ1n) is 5.78. The van der Waals surface area contributed by atoms with Gasteiger partial charge in [-0.1, -0.05) is 15.9 Å². The largest absolute Gasteiger partial charge is 0.352 e. The molecule has 0 unspecified atom stereocenters. The number of aryl methyl sites for hydroxylation is 1. The zero-order chi connectivity index (χ0) is 14.5. The van der Waals surface area contributed by atoms with Crippen molar-refractivity contribution in [3.05, 3.63) is 33.8 Å². The van der Waals surface area contributed by atoms with E-state index in [1.54, 1.807) is 12.1 Å². The van der Waals surface area contributed by atoms with E-state index >= 15 is 0 Å². The van der Waals surface area contributed by atoms with Gasteiger partial charge in [-0.25, -0.2) is 13.1 Å². The van der Waals surface area contributed by atoms with Gasteiger partial charge in [0.2, 0.25) is 10.0 Å². The minimum absolute atomic E-state index is 0.157. The molecule has 0 radical (unpaired) electrons. The zero-order valence-electron chi connectivity index (χ0n) is 10.9. The normalized spacial score (nSPS) is 11.3. The lowest BCUT2D eigenvalue weighted by Crippen LogP contribution is -2.29. The first kappa shape index (κ1) is 16.1. The maximum Gasteiger partial charge on any atom is 0.251 e. The predicted octanol–water partition coefficient (Wildman–Crippen LogP) is 1.43. The van der Waals surface area contributed by atoms with Gasteiger partial charge >= 0.3 is 0 Å². The van der Waals surface area contributed by atoms with Gasteiger partial charge in [0.1, 0.15) is 0 Å². The number of carbonyl (C=O) groups is 1. The number of benzene rings is 1. The third-order valence-corrected chi connectivity index (χ3v) is 4.04. The Morgan fingerprint density at radius 2 is 2.00 bits per heavy atom. The van der Waals surface area contributed by atoms with Crippen LogP contribution in [0, 0.1) is 6.92 Å². The fourth-order valence-electron chi connectivity index (χ4n) is 1.44. The molecule has 0 saturated carbocycles. The fourth-order valence-corrected chi connectivity index (χ4v) is 2.20. The van der Waals surface area contributed by atoms with Crippen molar-refractivity contribution in [2.75, 3.05) is 19.3 Å². The fraction of sp³-hybridized carbons (Fsp3) is 0.417. The molecule has 0 bridgehead atoms. The summed E-state index contributed by atoms with van der Waals surface area (Å²) in [7, 11) is -3.16. The summed E-state index contributed by atoms with van der Waals surface area (Å²) in [5.41, 5.74) is 1.59. The van der Waals surface area contributed by atoms with Gasteiger partial charge in [-0.15, -0.1) is 0 Å². The second kappa shape index (κ2) is 7.02. The predicted molar refractivity (Wildman–Crippen MR) is 78.7 cm³/mol. The minimum atomic E-state index is -3.16. The molecular formula is C12H17BrN2O3S. The molecule has 5 nitrogen and oxygen atoms in total. The Bertz CT molecular complexity index is 558. The number of sulfonamides is 1. The molecule has 2 N–H and O–H groups in total. The molecule has 1 rings (SSSR count). The summed E-state index contributed by atoms with van der Waals surface area (Å²) in [6.45, 7) is 2.66. The number of hydrogen-bond acceptors (Lipinski definition) is 3. The molecule has 0 aliphatic carbocycles. The first-order valence-corrected chi connectivity index (χ1v) is 8.47. The molecule has 1 aromatic carbocycles. The Morgan fingerprint density at radius 3 is 2.58 bits per heavy atom. The number of rotatable bonds is 6. The van der Waals surface area contributed by atoms with Gasteiger partial charge in [0.05, 0.1) is 6.26 Å². The standard InChI is InChI=1S/C12H17BrN2O3S/c1-9-8-10(4-5-11(9)13)12(16)14-6-3-7-15-19(2,17)18/h4-5,8,15H,3,6-7H2,1-2H3,(H,14,16). The summed E-state index contributed by atoms with van der Waals surface area (Å²) in [5, 5.41) is 2.74. The maximum absolute atomic E-state index is 11.8. The van der Waals surface area contributed by atoms with Crippen LogP contribution >= 0.6 is 15.9 Å². The second-order valence-corrected chi connectivity index (χ2v) is 6.93. The Morgan fingerprint density at radius 1 is 1.32 bits per heavy atom. The monoisotopic (exact) mass is 348 g/mol. The molecule has 0 spiro atoms. The van der Waals surface area contributed by atoms with Crippen LogP contribution in [0.3, 0.4) is 0 Å². The number of nitrogens with one attached hydrogen (secondary N) is 2. The summed E-state index contributed by atoms with van der Waals surface area (Å²) >= 11 is 3.37. The van der Waals surface area contributed by atoms with Crippen LogP contribution < -0.4 is 10.0 Å². The second-order valence-electron chi connectivity index (χ2n) is 4.24. The molecule has 0 fully saturated rings. The summed E-state index contributed by atoms with van der Waals surface area (Å²) in [4.78, 5) is 11.8. The molecule has 0 aromatic heterocycles. The number of amides is 1. The van der Waals surface area contributed by atoms with E-state index in [4.69, 9.17) is 0 Å². The molecular weight excluding hydrogens is 332 g/mol. The van der Waals surface area contributed by atoms with Crippen molar-refractivity contribution in [3.8, 4) is 0 Å². The third kappa shape index (κ3) is 6.17. The lowest BCUT2D eigenvalue weighted by Gasteiger charge is -2.07. The van der Waals surface area contributed by atoms with E-state index in [1.165, 1.54) is 0 Å². The minimum Gasteiger partial charge on any atom is -0.352 e. The van der Waals surface area contributed by atoms with Crippen molar-refractivity contribution >= 4 is 31.9 Å². The van der Waals surface area contributed by atoms with Crippen LogP contribution in [0.2, 0.25) is 0 Å². The maximum atomic E-state index is 11.8. The summed E-state index contributed by atoms with van der Waals surface area (Å²) < 4.78 is 25.0. The Hall–Kier alpha value is -0.920. The molecule has 19 heavy (non-hydrogen) atoms. The number of halogens is 1. The van der Waals surface area contributed by atoms with Crippen molar-refractivity contribution < 1.29 is 13.2 Å². The number of hydrogen-bond donors (Lipinski definition) is 2. The smallest absolute Gasteiger partial charge is 0.251 e. The molecule has 106 valence electrons. The van der Waals surface area contributed by atoms with Crippen molar-refractivity contribution in [1.82, 2.24) is 10.0 Å². The van der Waals surface area contributed by atoms with Crippen LogP contribution in [-0.2, 0) is 10.0 Å². The van der Waals surface area contributed by atoms with E-state index in [-0.39, 0.29) is 5.91 Å². The topological polar surface area (TPSA) is 75.3 Å². The van der Waals surface area contributed by atoms with Crippen LogP contribution in [0.1, 0.15) is 22.3 Å². The van der Waals surface area contributed by atoms with Crippen molar-refractivity contribution in [3.63, 3.8) is 0 Å². The lowest BCUT2D eigenvalue weighted by molar-refractivity contribution is 0.0953. The molecule has 0 atom stereocenters. The Labute approximate surface area is 122 Å². The molecule has 0 saturated heterocycles. The summed E-state index contributed by atoms with van der Waals surface area (Å²) in [6.07, 6.45) is 1.66. The number of carbonyl (C=O) groups excluding carboxylic acids is 1. The van der Waals surface area contributed by atoms with Gasteiger partial charge in [0.15, 0.2) is 0 Å². The summed E-state index contributed by atoms with van der Waals surface area (Å²) in [5.74, 6) is -0.157. The Kier molecular flexibility index (Phi) is 5.96. The SMILES string of the molecule is Cc1cc(C(=O)NCCCNS(C)(=O)=O)ccc1Br. The quantitative estimate of drug-likeness (QED) is 0.763. The first-order chi connectivity index (χ1) is 8.79. The van der Waals surface area contributed by atoms with E-state index < -0.39 is 10.0 Å². The van der Waals surface area contributed by atoms with E-state index in [2.05, 4.69) is 26.0 Å². The highest BCUT2D eigenvalue weighted by molar-refractivity contribution is 9.10. The average Bonchev–Trinajstić information content (AvgIpc) is 2.30. The van der Waals surface area contributed by atoms with Gasteiger partial charge in [0.25, 0.3) is 5.91 Å². The molecule has 7 heteroatoms. The average molecular weight is 349 g/mol. The van der Waals surface area contributed by atoms with Gasteiger partial charge in [-0.3, -0.25) is 4.79 Å². The van der Waals surface area contributed by atoms with Gasteiger partial charge in [-0.05, 0) is 37.1 Å². The van der Waals surface area contributed by atoms with Crippen LogP contribution in [0.4, 0.5) is 0 Å². The van der Waals surface area contributed by atoms with Crippen molar-refractivity contribution in [2.45, 2.75) is 13.3 Å². The Balaban J connectivity index is 2.37. The van der Waals surface area contributed by atoms with E-state index in [1.807, 2.05) is 13.0 Å². The highest BCUT2D eigenvalue weighted by atomic mass is 79.9. The van der Waals surface area contributed by atoms with Crippen LogP contribution in [0.15, 0.2) is 22.7 Å². The zero-order valence-corrected chi connectivity index (χ0v) is 13.3. The van der Waals surface area contributed by atoms with Crippen LogP contribution in [-0.4, -0.2) is 33.7 Å². The van der Waals surface area contributed by atoms with Gasteiger partial charge < -0.3 is 5.32 Å². The van der Waals surface area contributed by atoms with E-state index in [0.717, 1.165) is 16.3 Å². The molecule has 1 aromatic rings. The summed E-state index contributed by atoms with van der Waals surface area (Å²) in [6, 6.07) is 5.37. The van der Waals surface area contributed by atoms with Crippen LogP contribution in [0.5, 0.6) is 0 Å².